The second-order valence-electron chi connectivity index (χ2n) is 6.13. The van der Waals surface area contributed by atoms with E-state index in [4.69, 9.17) is 16.6 Å². The maximum Gasteiger partial charge on any atom is 0.405 e. The Morgan fingerprint density at radius 2 is 1.90 bits per heavy atom. The number of hydrogen-bond acceptors (Lipinski definition) is 2. The molecule has 20 heavy (non-hydrogen) atoms. The van der Waals surface area contributed by atoms with E-state index in [1.165, 1.54) is 25.7 Å². The monoisotopic (exact) mass is 283 g/mol. The molecule has 1 atom stereocenters. The van der Waals surface area contributed by atoms with Crippen LogP contribution in [-0.2, 0) is 4.79 Å². The Morgan fingerprint density at radius 1 is 1.35 bits per heavy atom. The molecule has 5 heteroatoms. The van der Waals surface area contributed by atoms with Crippen molar-refractivity contribution in [3.8, 4) is 12.3 Å². The van der Waals surface area contributed by atoms with Gasteiger partial charge in [0.2, 0.25) is 0 Å². The highest BCUT2D eigenvalue weighted by Gasteiger charge is 2.32. The van der Waals surface area contributed by atoms with Crippen molar-refractivity contribution in [1.82, 2.24) is 5.32 Å². The maximum absolute atomic E-state index is 10.6. The highest BCUT2D eigenvalue weighted by molar-refractivity contribution is 5.79. The van der Waals surface area contributed by atoms with Gasteiger partial charge in [0.1, 0.15) is 6.04 Å². The maximum atomic E-state index is 10.6. The quantitative estimate of drug-likeness (QED) is 0.535. The molecule has 1 rings (SSSR count). The SMILES string of the molecule is C#CCCCC1CC1.CC(C)(C)C(NC(=O)O)C(=O)O. The van der Waals surface area contributed by atoms with Crippen molar-refractivity contribution in [2.45, 2.75) is 58.9 Å². The Bertz CT molecular complexity index is 361. The number of terminal acetylenes is 1. The fourth-order valence-electron chi connectivity index (χ4n) is 1.67. The van der Waals surface area contributed by atoms with Gasteiger partial charge in [-0.3, -0.25) is 0 Å². The number of unbranched alkanes of at least 4 members (excludes halogenated alkanes) is 1. The van der Waals surface area contributed by atoms with Crippen LogP contribution in [0, 0.1) is 23.7 Å². The van der Waals surface area contributed by atoms with Crippen molar-refractivity contribution >= 4 is 12.1 Å². The van der Waals surface area contributed by atoms with E-state index in [2.05, 4.69) is 5.92 Å². The van der Waals surface area contributed by atoms with E-state index < -0.39 is 23.5 Å². The summed E-state index contributed by atoms with van der Waals surface area (Å²) in [5, 5.41) is 18.9. The van der Waals surface area contributed by atoms with Crippen molar-refractivity contribution in [3.63, 3.8) is 0 Å². The van der Waals surface area contributed by atoms with Crippen LogP contribution >= 0.6 is 0 Å². The average molecular weight is 283 g/mol. The van der Waals surface area contributed by atoms with E-state index in [9.17, 15) is 9.59 Å². The molecule has 0 aromatic rings. The first kappa shape index (κ1) is 18.3. The number of carbonyl (C=O) groups is 2. The zero-order chi connectivity index (χ0) is 15.8. The van der Waals surface area contributed by atoms with E-state index in [0.717, 1.165) is 12.3 Å². The highest BCUT2D eigenvalue weighted by Crippen LogP contribution is 2.33. The molecular formula is C15H25NO4. The van der Waals surface area contributed by atoms with Gasteiger partial charge in [-0.15, -0.1) is 12.3 Å². The lowest BCUT2D eigenvalue weighted by Crippen LogP contribution is -2.48. The molecule has 0 radical (unpaired) electrons. The van der Waals surface area contributed by atoms with Crippen LogP contribution in [0.25, 0.3) is 0 Å². The lowest BCUT2D eigenvalue weighted by Gasteiger charge is -2.26. The van der Waals surface area contributed by atoms with Gasteiger partial charge >= 0.3 is 12.1 Å². The lowest BCUT2D eigenvalue weighted by molar-refractivity contribution is -0.142. The van der Waals surface area contributed by atoms with Gasteiger partial charge in [0.15, 0.2) is 0 Å². The number of aliphatic carboxylic acids is 1. The van der Waals surface area contributed by atoms with Crippen molar-refractivity contribution < 1.29 is 19.8 Å². The standard InChI is InChI=1S/C8H12.C7H13NO4/c1-2-3-4-5-8-6-7-8;1-7(2,3)4(5(9)10)8-6(11)12/h1,8H,3-7H2;4,8H,1-3H3,(H,9,10)(H,11,12). The molecule has 1 fully saturated rings. The number of carboxylic acids is 1. The first-order chi connectivity index (χ1) is 9.18. The van der Waals surface area contributed by atoms with Crippen molar-refractivity contribution in [1.29, 1.82) is 0 Å². The minimum Gasteiger partial charge on any atom is -0.480 e. The van der Waals surface area contributed by atoms with E-state index >= 15 is 0 Å². The molecule has 1 amide bonds. The summed E-state index contributed by atoms with van der Waals surface area (Å²) < 4.78 is 0. The molecule has 0 bridgehead atoms. The van der Waals surface area contributed by atoms with E-state index in [0.29, 0.717) is 0 Å². The summed E-state index contributed by atoms with van der Waals surface area (Å²) in [4.78, 5) is 20.7. The zero-order valence-electron chi connectivity index (χ0n) is 12.5. The minimum atomic E-state index is -1.32. The number of amides is 1. The topological polar surface area (TPSA) is 86.6 Å². The predicted octanol–water partition coefficient (Wildman–Crippen LogP) is 2.95. The normalized spacial score (nSPS) is 15.3. The molecule has 0 aliphatic heterocycles. The van der Waals surface area contributed by atoms with Gasteiger partial charge in [0, 0.05) is 6.42 Å². The lowest BCUT2D eigenvalue weighted by atomic mass is 9.87. The number of hydrogen-bond donors (Lipinski definition) is 3. The molecule has 0 heterocycles. The fourth-order valence-corrected chi connectivity index (χ4v) is 1.67. The predicted molar refractivity (Wildman–Crippen MR) is 77.4 cm³/mol. The molecule has 3 N–H and O–H groups in total. The summed E-state index contributed by atoms with van der Waals surface area (Å²) in [7, 11) is 0. The minimum absolute atomic E-state index is 0.621. The summed E-state index contributed by atoms with van der Waals surface area (Å²) >= 11 is 0. The van der Waals surface area contributed by atoms with Crippen LogP contribution in [0.3, 0.4) is 0 Å². The molecule has 0 aromatic heterocycles. The Hall–Kier alpha value is -1.70. The largest absolute Gasteiger partial charge is 0.480 e. The van der Waals surface area contributed by atoms with Crippen molar-refractivity contribution in [2.75, 3.05) is 0 Å². The van der Waals surface area contributed by atoms with Gasteiger partial charge in [-0.1, -0.05) is 33.6 Å². The van der Waals surface area contributed by atoms with E-state index in [1.807, 2.05) is 5.32 Å². The summed E-state index contributed by atoms with van der Waals surface area (Å²) in [6, 6.07) is -1.07. The van der Waals surface area contributed by atoms with Gasteiger partial charge in [0.05, 0.1) is 0 Å². The molecule has 114 valence electrons. The molecule has 1 unspecified atom stereocenters. The third-order valence-electron chi connectivity index (χ3n) is 3.01. The fraction of sp³-hybridized carbons (Fsp3) is 0.733. The van der Waals surface area contributed by atoms with Crippen LogP contribution in [-0.4, -0.2) is 28.3 Å². The van der Waals surface area contributed by atoms with Gasteiger partial charge in [-0.2, -0.15) is 0 Å². The third-order valence-corrected chi connectivity index (χ3v) is 3.01. The van der Waals surface area contributed by atoms with Crippen LogP contribution in [0.15, 0.2) is 0 Å². The molecule has 0 aromatic carbocycles. The first-order valence-electron chi connectivity index (χ1n) is 6.84. The molecule has 1 aliphatic rings. The Balaban J connectivity index is 0.000000388. The van der Waals surface area contributed by atoms with Gasteiger partial charge in [-0.05, 0) is 24.2 Å². The third kappa shape index (κ3) is 9.26. The molecule has 0 spiro atoms. The van der Waals surface area contributed by atoms with E-state index in [1.54, 1.807) is 20.8 Å². The second-order valence-corrected chi connectivity index (χ2v) is 6.13. The summed E-state index contributed by atoms with van der Waals surface area (Å²) in [6.07, 6.45) is 10.3. The highest BCUT2D eigenvalue weighted by atomic mass is 16.4. The van der Waals surface area contributed by atoms with Crippen LogP contribution in [0.2, 0.25) is 0 Å². The Morgan fingerprint density at radius 3 is 2.15 bits per heavy atom. The summed E-state index contributed by atoms with van der Waals surface area (Å²) in [5.74, 6) is 2.55. The first-order valence-corrected chi connectivity index (χ1v) is 6.84. The number of carboxylic acid groups (broad SMARTS) is 2. The smallest absolute Gasteiger partial charge is 0.405 e. The second kappa shape index (κ2) is 8.47. The van der Waals surface area contributed by atoms with Crippen molar-refractivity contribution in [3.05, 3.63) is 0 Å². The Kier molecular flexibility index (Phi) is 7.75. The molecular weight excluding hydrogens is 258 g/mol. The molecule has 0 saturated heterocycles. The average Bonchev–Trinajstić information content (AvgIpc) is 3.09. The number of rotatable bonds is 5. The molecule has 5 nitrogen and oxygen atoms in total. The van der Waals surface area contributed by atoms with Crippen LogP contribution < -0.4 is 5.32 Å². The van der Waals surface area contributed by atoms with Gasteiger partial charge in [0.25, 0.3) is 0 Å². The van der Waals surface area contributed by atoms with Gasteiger partial charge in [-0.25, -0.2) is 9.59 Å². The zero-order valence-corrected chi connectivity index (χ0v) is 12.5. The van der Waals surface area contributed by atoms with Crippen LogP contribution in [0.1, 0.15) is 52.9 Å². The van der Waals surface area contributed by atoms with E-state index in [-0.39, 0.29) is 0 Å². The molecule has 1 saturated carbocycles. The summed E-state index contributed by atoms with van der Waals surface area (Å²) in [5.41, 5.74) is -0.621. The van der Waals surface area contributed by atoms with Crippen LogP contribution in [0.4, 0.5) is 4.79 Å². The number of nitrogens with one attached hydrogen (secondary N) is 1. The van der Waals surface area contributed by atoms with Gasteiger partial charge < -0.3 is 15.5 Å². The van der Waals surface area contributed by atoms with Crippen molar-refractivity contribution in [2.24, 2.45) is 11.3 Å². The van der Waals surface area contributed by atoms with Crippen LogP contribution in [0.5, 0.6) is 0 Å². The summed E-state index contributed by atoms with van der Waals surface area (Å²) in [6.45, 7) is 4.96. The Labute approximate surface area is 120 Å². The molecule has 1 aliphatic carbocycles.